The van der Waals surface area contributed by atoms with Crippen LogP contribution in [0.2, 0.25) is 10.0 Å². The summed E-state index contributed by atoms with van der Waals surface area (Å²) in [4.78, 5) is 14.7. The number of carboxylic acid groups (broad SMARTS) is 1. The number of benzene rings is 1. The molecule has 0 aliphatic rings. The predicted octanol–water partition coefficient (Wildman–Crippen LogP) is 4.31. The quantitative estimate of drug-likeness (QED) is 0.774. The largest absolute Gasteiger partial charge is 0.490 e. The van der Waals surface area contributed by atoms with Gasteiger partial charge in [0.25, 0.3) is 0 Å². The maximum atomic E-state index is 10.6. The molecule has 0 amide bonds. The number of halogens is 2. The van der Waals surface area contributed by atoms with Crippen LogP contribution in [0.4, 0.5) is 0 Å². The lowest BCUT2D eigenvalue weighted by Gasteiger charge is -2.11. The fourth-order valence-electron chi connectivity index (χ4n) is 1.87. The van der Waals surface area contributed by atoms with Gasteiger partial charge < -0.3 is 9.84 Å². The second kappa shape index (κ2) is 8.34. The maximum absolute atomic E-state index is 10.6. The number of pyridine rings is 1. The smallest absolute Gasteiger partial charge is 0.306 e. The molecule has 1 N–H and O–H groups in total. The normalized spacial score (nSPS) is 11.0. The van der Waals surface area contributed by atoms with Gasteiger partial charge in [-0.1, -0.05) is 35.3 Å². The first-order chi connectivity index (χ1) is 11.5. The number of allylic oxidation sites excluding steroid dienone is 1. The molecular weight excluding hydrogens is 351 g/mol. The number of nitrogens with zero attached hydrogens (tertiary/aromatic N) is 2. The molecule has 5 nitrogen and oxygen atoms in total. The SMILES string of the molecule is N#CC(=Cc1ccc(Cl)c(OCCC(=O)O)c1Cl)c1ccccn1. The number of carbonyl (C=O) groups is 1. The average Bonchev–Trinajstić information content (AvgIpc) is 2.58. The number of carboxylic acids is 1. The topological polar surface area (TPSA) is 83.2 Å². The van der Waals surface area contributed by atoms with E-state index in [0.717, 1.165) is 0 Å². The number of aromatic nitrogens is 1. The minimum atomic E-state index is -0.986. The lowest BCUT2D eigenvalue weighted by atomic mass is 10.1. The molecule has 0 aliphatic heterocycles. The number of aliphatic carboxylic acids is 1. The molecule has 0 saturated heterocycles. The van der Waals surface area contributed by atoms with Gasteiger partial charge in [0.2, 0.25) is 0 Å². The van der Waals surface area contributed by atoms with Crippen molar-refractivity contribution in [2.75, 3.05) is 6.61 Å². The van der Waals surface area contributed by atoms with Crippen LogP contribution in [0.5, 0.6) is 5.75 Å². The second-order valence-electron chi connectivity index (χ2n) is 4.66. The molecule has 1 heterocycles. The van der Waals surface area contributed by atoms with Gasteiger partial charge in [-0.25, -0.2) is 0 Å². The Kier molecular flexibility index (Phi) is 6.19. The Morgan fingerprint density at radius 2 is 2.12 bits per heavy atom. The first-order valence-corrected chi connectivity index (χ1v) is 7.64. The highest BCUT2D eigenvalue weighted by Crippen LogP contribution is 2.37. The molecule has 0 saturated carbocycles. The molecule has 1 aromatic heterocycles. The molecule has 0 spiro atoms. The fourth-order valence-corrected chi connectivity index (χ4v) is 2.41. The fraction of sp³-hybridized carbons (Fsp3) is 0.118. The first kappa shape index (κ1) is 17.8. The number of hydrogen-bond donors (Lipinski definition) is 1. The molecule has 122 valence electrons. The summed E-state index contributed by atoms with van der Waals surface area (Å²) >= 11 is 12.3. The van der Waals surface area contributed by atoms with Crippen molar-refractivity contribution in [3.05, 3.63) is 57.8 Å². The minimum absolute atomic E-state index is 0.0622. The van der Waals surface area contributed by atoms with Crippen LogP contribution in [0.15, 0.2) is 36.5 Å². The third kappa shape index (κ3) is 4.48. The van der Waals surface area contributed by atoms with Crippen molar-refractivity contribution in [2.45, 2.75) is 6.42 Å². The molecule has 7 heteroatoms. The molecule has 0 aliphatic carbocycles. The highest BCUT2D eigenvalue weighted by atomic mass is 35.5. The summed E-state index contributed by atoms with van der Waals surface area (Å²) in [6.07, 6.45) is 2.99. The molecule has 0 atom stereocenters. The molecular formula is C17H12Cl2N2O3. The minimum Gasteiger partial charge on any atom is -0.490 e. The molecule has 0 unspecified atom stereocenters. The third-order valence-corrected chi connectivity index (χ3v) is 3.69. The molecule has 1 aromatic carbocycles. The van der Waals surface area contributed by atoms with Crippen LogP contribution >= 0.6 is 23.2 Å². The second-order valence-corrected chi connectivity index (χ2v) is 5.44. The molecule has 2 rings (SSSR count). The van der Waals surface area contributed by atoms with Crippen LogP contribution in [0.1, 0.15) is 17.7 Å². The summed E-state index contributed by atoms with van der Waals surface area (Å²) in [5.74, 6) is -0.799. The molecule has 0 fully saturated rings. The van der Waals surface area contributed by atoms with Crippen LogP contribution in [-0.2, 0) is 4.79 Å². The summed E-state index contributed by atoms with van der Waals surface area (Å²) in [6.45, 7) is -0.0622. The van der Waals surface area contributed by atoms with Crippen molar-refractivity contribution in [2.24, 2.45) is 0 Å². The number of hydrogen-bond acceptors (Lipinski definition) is 4. The van der Waals surface area contributed by atoms with Gasteiger partial charge in [0.1, 0.15) is 6.07 Å². The average molecular weight is 363 g/mol. The third-order valence-electron chi connectivity index (χ3n) is 3.00. The van der Waals surface area contributed by atoms with Crippen molar-refractivity contribution in [3.63, 3.8) is 0 Å². The lowest BCUT2D eigenvalue weighted by molar-refractivity contribution is -0.137. The Hall–Kier alpha value is -2.55. The van der Waals surface area contributed by atoms with E-state index < -0.39 is 5.97 Å². The summed E-state index contributed by atoms with van der Waals surface area (Å²) < 4.78 is 5.37. The summed E-state index contributed by atoms with van der Waals surface area (Å²) in [6, 6.07) is 10.5. The van der Waals surface area contributed by atoms with E-state index in [4.69, 9.17) is 33.0 Å². The van der Waals surface area contributed by atoms with E-state index in [1.807, 2.05) is 0 Å². The molecule has 2 aromatic rings. The Labute approximate surface area is 148 Å². The van der Waals surface area contributed by atoms with E-state index in [1.165, 1.54) is 0 Å². The lowest BCUT2D eigenvalue weighted by Crippen LogP contribution is -2.05. The zero-order valence-corrected chi connectivity index (χ0v) is 13.9. The Morgan fingerprint density at radius 3 is 2.75 bits per heavy atom. The standard InChI is InChI=1S/C17H12Cl2N2O3/c18-13-5-4-11(16(19)17(13)24-8-6-15(22)23)9-12(10-20)14-3-1-2-7-21-14/h1-5,7,9H,6,8H2,(H,22,23). The van der Waals surface area contributed by atoms with E-state index in [2.05, 4.69) is 11.1 Å². The van der Waals surface area contributed by atoms with Crippen LogP contribution < -0.4 is 4.74 Å². The van der Waals surface area contributed by atoms with E-state index in [0.29, 0.717) is 16.8 Å². The Morgan fingerprint density at radius 1 is 1.33 bits per heavy atom. The van der Waals surface area contributed by atoms with Crippen LogP contribution in [0, 0.1) is 11.3 Å². The van der Waals surface area contributed by atoms with E-state index in [-0.39, 0.29) is 28.8 Å². The molecule has 24 heavy (non-hydrogen) atoms. The summed E-state index contributed by atoms with van der Waals surface area (Å²) in [5.41, 5.74) is 1.37. The Bertz CT molecular complexity index is 815. The van der Waals surface area contributed by atoms with Gasteiger partial charge in [-0.05, 0) is 29.8 Å². The van der Waals surface area contributed by atoms with Gasteiger partial charge in [-0.2, -0.15) is 5.26 Å². The monoisotopic (exact) mass is 362 g/mol. The van der Waals surface area contributed by atoms with Crippen LogP contribution in [0.3, 0.4) is 0 Å². The van der Waals surface area contributed by atoms with Gasteiger partial charge in [-0.3, -0.25) is 9.78 Å². The number of ether oxygens (including phenoxy) is 1. The highest BCUT2D eigenvalue weighted by molar-refractivity contribution is 6.38. The zero-order chi connectivity index (χ0) is 17.5. The Balaban J connectivity index is 2.35. The van der Waals surface area contributed by atoms with Crippen LogP contribution in [-0.4, -0.2) is 22.7 Å². The zero-order valence-electron chi connectivity index (χ0n) is 12.4. The van der Waals surface area contributed by atoms with Crippen molar-refractivity contribution < 1.29 is 14.6 Å². The first-order valence-electron chi connectivity index (χ1n) is 6.88. The van der Waals surface area contributed by atoms with Crippen LogP contribution in [0.25, 0.3) is 11.6 Å². The van der Waals surface area contributed by atoms with Crippen molar-refractivity contribution in [3.8, 4) is 11.8 Å². The number of nitriles is 1. The predicted molar refractivity (Wildman–Crippen MR) is 91.9 cm³/mol. The molecule has 0 radical (unpaired) electrons. The maximum Gasteiger partial charge on any atom is 0.306 e. The van der Waals surface area contributed by atoms with Crippen molar-refractivity contribution >= 4 is 40.8 Å². The number of rotatable bonds is 6. The van der Waals surface area contributed by atoms with Gasteiger partial charge >= 0.3 is 5.97 Å². The van der Waals surface area contributed by atoms with Gasteiger partial charge in [-0.15, -0.1) is 0 Å². The summed E-state index contributed by atoms with van der Waals surface area (Å²) in [7, 11) is 0. The van der Waals surface area contributed by atoms with Gasteiger partial charge in [0, 0.05) is 6.20 Å². The van der Waals surface area contributed by atoms with E-state index in [1.54, 1.807) is 42.6 Å². The van der Waals surface area contributed by atoms with E-state index >= 15 is 0 Å². The molecule has 0 bridgehead atoms. The van der Waals surface area contributed by atoms with E-state index in [9.17, 15) is 10.1 Å². The van der Waals surface area contributed by atoms with Crippen molar-refractivity contribution in [1.82, 2.24) is 4.98 Å². The van der Waals surface area contributed by atoms with Gasteiger partial charge in [0.15, 0.2) is 5.75 Å². The summed E-state index contributed by atoms with van der Waals surface area (Å²) in [5, 5.41) is 18.5. The van der Waals surface area contributed by atoms with Crippen molar-refractivity contribution in [1.29, 1.82) is 5.26 Å². The highest BCUT2D eigenvalue weighted by Gasteiger charge is 2.13. The van der Waals surface area contributed by atoms with Gasteiger partial charge in [0.05, 0.1) is 34.3 Å².